The number of nitro benzene ring substituents is 1. The number of aromatic amines is 1. The SMILES string of the molecule is CCCCN(Cc1nc2ccccc2c(=O)[nH]1)C(=O)c1ccc(Cl)c([N+](=O)[O-])c1. The van der Waals surface area contributed by atoms with Gasteiger partial charge in [-0.1, -0.05) is 37.1 Å². The zero-order valence-corrected chi connectivity index (χ0v) is 16.5. The lowest BCUT2D eigenvalue weighted by Gasteiger charge is -2.22. The van der Waals surface area contributed by atoms with E-state index in [0.29, 0.717) is 23.3 Å². The Labute approximate surface area is 171 Å². The number of halogens is 1. The highest BCUT2D eigenvalue weighted by Gasteiger charge is 2.21. The van der Waals surface area contributed by atoms with Gasteiger partial charge in [0.2, 0.25) is 0 Å². The van der Waals surface area contributed by atoms with Crippen LogP contribution in [0.2, 0.25) is 5.02 Å². The Kier molecular flexibility index (Phi) is 6.23. The summed E-state index contributed by atoms with van der Waals surface area (Å²) < 4.78 is 0. The molecule has 1 aromatic heterocycles. The maximum absolute atomic E-state index is 13.0. The van der Waals surface area contributed by atoms with Crippen LogP contribution in [0, 0.1) is 10.1 Å². The first-order valence-electron chi connectivity index (χ1n) is 9.12. The second-order valence-electron chi connectivity index (χ2n) is 6.53. The van der Waals surface area contributed by atoms with Gasteiger partial charge in [-0.3, -0.25) is 19.7 Å². The quantitative estimate of drug-likeness (QED) is 0.465. The Bertz CT molecular complexity index is 1130. The Morgan fingerprint density at radius 2 is 2.03 bits per heavy atom. The molecule has 0 atom stereocenters. The summed E-state index contributed by atoms with van der Waals surface area (Å²) in [4.78, 5) is 44.5. The molecule has 0 fully saturated rings. The van der Waals surface area contributed by atoms with Crippen LogP contribution < -0.4 is 5.56 Å². The van der Waals surface area contributed by atoms with Gasteiger partial charge in [-0.05, 0) is 30.7 Å². The minimum Gasteiger partial charge on any atom is -0.331 e. The van der Waals surface area contributed by atoms with Gasteiger partial charge in [0, 0.05) is 18.2 Å². The van der Waals surface area contributed by atoms with Crippen molar-refractivity contribution in [3.8, 4) is 0 Å². The van der Waals surface area contributed by atoms with Gasteiger partial charge in [0.15, 0.2) is 0 Å². The third-order valence-corrected chi connectivity index (χ3v) is 4.78. The topological polar surface area (TPSA) is 109 Å². The number of nitro groups is 1. The Balaban J connectivity index is 1.94. The largest absolute Gasteiger partial charge is 0.331 e. The molecule has 3 rings (SSSR count). The van der Waals surface area contributed by atoms with Crippen LogP contribution in [0.5, 0.6) is 0 Å². The van der Waals surface area contributed by atoms with Crippen LogP contribution in [0.25, 0.3) is 10.9 Å². The summed E-state index contributed by atoms with van der Waals surface area (Å²) in [5.74, 6) is -0.0457. The standard InChI is InChI=1S/C20H19ClN4O4/c1-2-3-10-24(20(27)13-8-9-15(21)17(11-13)25(28)29)12-18-22-16-7-5-4-6-14(16)19(26)23-18/h4-9,11H,2-3,10,12H2,1H3,(H,22,23,26). The lowest BCUT2D eigenvalue weighted by atomic mass is 10.1. The van der Waals surface area contributed by atoms with Crippen molar-refractivity contribution in [1.29, 1.82) is 0 Å². The second kappa shape index (κ2) is 8.83. The molecular weight excluding hydrogens is 396 g/mol. The van der Waals surface area contributed by atoms with Crippen molar-refractivity contribution in [2.45, 2.75) is 26.3 Å². The normalized spacial score (nSPS) is 10.8. The average molecular weight is 415 g/mol. The van der Waals surface area contributed by atoms with E-state index in [4.69, 9.17) is 11.6 Å². The van der Waals surface area contributed by atoms with Gasteiger partial charge in [0.25, 0.3) is 17.2 Å². The van der Waals surface area contributed by atoms with Crippen molar-refractivity contribution in [2.75, 3.05) is 6.54 Å². The third kappa shape index (κ3) is 4.60. The summed E-state index contributed by atoms with van der Waals surface area (Å²) in [7, 11) is 0. The van der Waals surface area contributed by atoms with E-state index in [0.717, 1.165) is 12.8 Å². The highest BCUT2D eigenvalue weighted by atomic mass is 35.5. The molecule has 1 N–H and O–H groups in total. The molecule has 1 heterocycles. The summed E-state index contributed by atoms with van der Waals surface area (Å²) in [5, 5.41) is 11.6. The summed E-state index contributed by atoms with van der Waals surface area (Å²) >= 11 is 5.85. The number of fused-ring (bicyclic) bond motifs is 1. The molecular formula is C20H19ClN4O4. The number of carbonyl (C=O) groups excluding carboxylic acids is 1. The minimum absolute atomic E-state index is 0.0350. The van der Waals surface area contributed by atoms with Gasteiger partial charge in [0.1, 0.15) is 10.8 Å². The molecule has 150 valence electrons. The molecule has 0 aliphatic rings. The smallest absolute Gasteiger partial charge is 0.288 e. The number of rotatable bonds is 7. The molecule has 29 heavy (non-hydrogen) atoms. The molecule has 0 aliphatic heterocycles. The predicted octanol–water partition coefficient (Wildman–Crippen LogP) is 3.93. The third-order valence-electron chi connectivity index (χ3n) is 4.46. The van der Waals surface area contributed by atoms with Crippen molar-refractivity contribution in [3.63, 3.8) is 0 Å². The molecule has 1 amide bonds. The number of aromatic nitrogens is 2. The van der Waals surface area contributed by atoms with Crippen LogP contribution in [0.3, 0.4) is 0 Å². The summed E-state index contributed by atoms with van der Waals surface area (Å²) in [6.45, 7) is 2.49. The second-order valence-corrected chi connectivity index (χ2v) is 6.94. The molecule has 2 aromatic carbocycles. The number of hydrogen-bond acceptors (Lipinski definition) is 5. The number of amides is 1. The van der Waals surface area contributed by atoms with Crippen LogP contribution in [0.15, 0.2) is 47.3 Å². The first-order chi connectivity index (χ1) is 13.9. The summed E-state index contributed by atoms with van der Waals surface area (Å²) in [5.41, 5.74) is 0.0810. The van der Waals surface area contributed by atoms with Gasteiger partial charge in [0.05, 0.1) is 22.4 Å². The lowest BCUT2D eigenvalue weighted by molar-refractivity contribution is -0.384. The van der Waals surface area contributed by atoms with Gasteiger partial charge in [-0.2, -0.15) is 0 Å². The Hall–Kier alpha value is -3.26. The van der Waals surface area contributed by atoms with Crippen LogP contribution >= 0.6 is 11.6 Å². The van der Waals surface area contributed by atoms with Crippen LogP contribution in [0.4, 0.5) is 5.69 Å². The van der Waals surface area contributed by atoms with Crippen molar-refractivity contribution >= 4 is 34.1 Å². The predicted molar refractivity (Wildman–Crippen MR) is 110 cm³/mol. The van der Waals surface area contributed by atoms with Crippen molar-refractivity contribution < 1.29 is 9.72 Å². The summed E-state index contributed by atoms with van der Waals surface area (Å²) in [6, 6.07) is 10.9. The number of unbranched alkanes of at least 4 members (excludes halogenated alkanes) is 1. The zero-order valence-electron chi connectivity index (χ0n) is 15.7. The molecule has 0 saturated heterocycles. The Morgan fingerprint density at radius 3 is 2.76 bits per heavy atom. The van der Waals surface area contributed by atoms with E-state index in [1.54, 1.807) is 24.3 Å². The van der Waals surface area contributed by atoms with Gasteiger partial charge in [-0.15, -0.1) is 0 Å². The van der Waals surface area contributed by atoms with E-state index >= 15 is 0 Å². The molecule has 0 saturated carbocycles. The average Bonchev–Trinajstić information content (AvgIpc) is 2.70. The monoisotopic (exact) mass is 414 g/mol. The highest BCUT2D eigenvalue weighted by Crippen LogP contribution is 2.26. The number of nitrogens with one attached hydrogen (secondary N) is 1. The molecule has 8 nitrogen and oxygen atoms in total. The van der Waals surface area contributed by atoms with E-state index in [2.05, 4.69) is 9.97 Å². The van der Waals surface area contributed by atoms with Gasteiger partial charge < -0.3 is 9.88 Å². The first-order valence-corrected chi connectivity index (χ1v) is 9.49. The fourth-order valence-electron chi connectivity index (χ4n) is 2.96. The maximum atomic E-state index is 13.0. The van der Waals surface area contributed by atoms with Gasteiger partial charge in [-0.25, -0.2) is 4.98 Å². The number of nitrogens with zero attached hydrogens (tertiary/aromatic N) is 3. The maximum Gasteiger partial charge on any atom is 0.288 e. The minimum atomic E-state index is -0.627. The van der Waals surface area contributed by atoms with E-state index in [1.165, 1.54) is 23.1 Å². The fourth-order valence-corrected chi connectivity index (χ4v) is 3.15. The van der Waals surface area contributed by atoms with E-state index in [9.17, 15) is 19.7 Å². The van der Waals surface area contributed by atoms with E-state index in [1.807, 2.05) is 6.92 Å². The Morgan fingerprint density at radius 1 is 1.28 bits per heavy atom. The molecule has 0 radical (unpaired) electrons. The van der Waals surface area contributed by atoms with Crippen LogP contribution in [0.1, 0.15) is 35.9 Å². The number of hydrogen-bond donors (Lipinski definition) is 1. The summed E-state index contributed by atoms with van der Waals surface area (Å²) in [6.07, 6.45) is 1.59. The fraction of sp³-hybridized carbons (Fsp3) is 0.250. The number of para-hydroxylation sites is 1. The molecule has 3 aromatic rings. The van der Waals surface area contributed by atoms with Gasteiger partial charge >= 0.3 is 0 Å². The number of carbonyl (C=O) groups is 1. The first kappa shape index (κ1) is 20.5. The number of benzene rings is 2. The molecule has 0 unspecified atom stereocenters. The van der Waals surface area contributed by atoms with Crippen molar-refractivity contribution in [1.82, 2.24) is 14.9 Å². The molecule has 9 heteroatoms. The van der Waals surface area contributed by atoms with Crippen LogP contribution in [-0.4, -0.2) is 32.2 Å². The molecule has 0 aliphatic carbocycles. The van der Waals surface area contributed by atoms with Crippen molar-refractivity contribution in [2.24, 2.45) is 0 Å². The highest BCUT2D eigenvalue weighted by molar-refractivity contribution is 6.32. The lowest BCUT2D eigenvalue weighted by Crippen LogP contribution is -2.33. The van der Waals surface area contributed by atoms with Crippen molar-refractivity contribution in [3.05, 3.63) is 79.3 Å². The van der Waals surface area contributed by atoms with Crippen LogP contribution in [-0.2, 0) is 6.54 Å². The molecule has 0 spiro atoms. The number of H-pyrrole nitrogens is 1. The zero-order chi connectivity index (χ0) is 21.0. The molecule has 0 bridgehead atoms. The van der Waals surface area contributed by atoms with E-state index < -0.39 is 10.8 Å². The van der Waals surface area contributed by atoms with E-state index in [-0.39, 0.29) is 28.4 Å².